The van der Waals surface area contributed by atoms with Gasteiger partial charge in [-0.2, -0.15) is 13.2 Å². The van der Waals surface area contributed by atoms with Crippen LogP contribution in [0.1, 0.15) is 31.4 Å². The zero-order valence-corrected chi connectivity index (χ0v) is 11.5. The fourth-order valence-electron chi connectivity index (χ4n) is 1.75. The van der Waals surface area contributed by atoms with Crippen molar-refractivity contribution in [3.8, 4) is 0 Å². The van der Waals surface area contributed by atoms with Crippen molar-refractivity contribution in [1.82, 2.24) is 5.32 Å². The second kappa shape index (κ2) is 6.74. The molecule has 0 aromatic heterocycles. The summed E-state index contributed by atoms with van der Waals surface area (Å²) in [7, 11) is 0. The van der Waals surface area contributed by atoms with E-state index >= 15 is 0 Å². The molecular weight excluding hydrogens is 269 g/mol. The first-order chi connectivity index (χ1) is 9.20. The minimum absolute atomic E-state index is 0.169. The van der Waals surface area contributed by atoms with Gasteiger partial charge in [-0.1, -0.05) is 26.0 Å². The van der Waals surface area contributed by atoms with Gasteiger partial charge in [-0.15, -0.1) is 0 Å². The molecule has 1 unspecified atom stereocenters. The summed E-state index contributed by atoms with van der Waals surface area (Å²) in [5.41, 5.74) is 5.60. The summed E-state index contributed by atoms with van der Waals surface area (Å²) in [5.74, 6) is 0.0143. The molecule has 0 heterocycles. The summed E-state index contributed by atoms with van der Waals surface area (Å²) in [6.07, 6.45) is -3.78. The number of carbonyl (C=O) groups is 1. The number of hydrogen-bond donors (Lipinski definition) is 2. The number of hydrogen-bond acceptors (Lipinski definition) is 2. The molecule has 0 fully saturated rings. The SMILES string of the molecule is CC(C)CC(N)C(=O)NCc1ccc(C(F)(F)F)cc1. The number of alkyl halides is 3. The van der Waals surface area contributed by atoms with Gasteiger partial charge in [0, 0.05) is 6.54 Å². The molecule has 1 aromatic carbocycles. The quantitative estimate of drug-likeness (QED) is 0.875. The highest BCUT2D eigenvalue weighted by molar-refractivity contribution is 5.81. The van der Waals surface area contributed by atoms with E-state index in [0.29, 0.717) is 17.9 Å². The Hall–Kier alpha value is -1.56. The number of carbonyl (C=O) groups excluding carboxylic acids is 1. The van der Waals surface area contributed by atoms with Crippen LogP contribution in [0.25, 0.3) is 0 Å². The third-order valence-corrected chi connectivity index (χ3v) is 2.81. The normalized spacial score (nSPS) is 13.3. The lowest BCUT2D eigenvalue weighted by Crippen LogP contribution is -2.41. The minimum atomic E-state index is -4.35. The number of nitrogens with one attached hydrogen (secondary N) is 1. The summed E-state index contributed by atoms with van der Waals surface area (Å²) >= 11 is 0. The molecular formula is C14H19F3N2O. The van der Waals surface area contributed by atoms with E-state index in [4.69, 9.17) is 5.73 Å². The Balaban J connectivity index is 2.52. The van der Waals surface area contributed by atoms with Crippen LogP contribution < -0.4 is 11.1 Å². The molecule has 0 aliphatic carbocycles. The molecule has 1 aromatic rings. The zero-order valence-electron chi connectivity index (χ0n) is 11.5. The van der Waals surface area contributed by atoms with E-state index in [-0.39, 0.29) is 12.5 Å². The van der Waals surface area contributed by atoms with Crippen molar-refractivity contribution in [3.63, 3.8) is 0 Å². The van der Waals surface area contributed by atoms with Gasteiger partial charge in [0.05, 0.1) is 11.6 Å². The van der Waals surface area contributed by atoms with E-state index in [1.807, 2.05) is 13.8 Å². The largest absolute Gasteiger partial charge is 0.416 e. The molecule has 0 saturated heterocycles. The predicted octanol–water partition coefficient (Wildman–Crippen LogP) is 2.70. The van der Waals surface area contributed by atoms with Gasteiger partial charge >= 0.3 is 6.18 Å². The lowest BCUT2D eigenvalue weighted by atomic mass is 10.0. The number of halogens is 3. The van der Waals surface area contributed by atoms with Gasteiger partial charge in [0.25, 0.3) is 0 Å². The number of benzene rings is 1. The fourth-order valence-corrected chi connectivity index (χ4v) is 1.75. The molecule has 3 nitrogen and oxygen atoms in total. The first-order valence-electron chi connectivity index (χ1n) is 6.39. The van der Waals surface area contributed by atoms with Crippen molar-refractivity contribution < 1.29 is 18.0 Å². The first-order valence-corrected chi connectivity index (χ1v) is 6.39. The van der Waals surface area contributed by atoms with Crippen LogP contribution in [0.15, 0.2) is 24.3 Å². The number of nitrogens with two attached hydrogens (primary N) is 1. The fraction of sp³-hybridized carbons (Fsp3) is 0.500. The molecule has 0 bridgehead atoms. The Morgan fingerprint density at radius 2 is 1.80 bits per heavy atom. The lowest BCUT2D eigenvalue weighted by molar-refractivity contribution is -0.137. The monoisotopic (exact) mass is 288 g/mol. The molecule has 20 heavy (non-hydrogen) atoms. The third-order valence-electron chi connectivity index (χ3n) is 2.81. The Morgan fingerprint density at radius 1 is 1.25 bits per heavy atom. The number of rotatable bonds is 5. The lowest BCUT2D eigenvalue weighted by Gasteiger charge is -2.14. The van der Waals surface area contributed by atoms with Crippen LogP contribution in [-0.4, -0.2) is 11.9 Å². The van der Waals surface area contributed by atoms with E-state index < -0.39 is 17.8 Å². The zero-order chi connectivity index (χ0) is 15.3. The maximum atomic E-state index is 12.4. The molecule has 1 rings (SSSR count). The second-order valence-electron chi connectivity index (χ2n) is 5.15. The molecule has 0 radical (unpaired) electrons. The Kier molecular flexibility index (Phi) is 5.56. The van der Waals surface area contributed by atoms with E-state index in [1.54, 1.807) is 0 Å². The van der Waals surface area contributed by atoms with Gasteiger partial charge < -0.3 is 11.1 Å². The highest BCUT2D eigenvalue weighted by Gasteiger charge is 2.29. The van der Waals surface area contributed by atoms with Gasteiger partial charge in [0.2, 0.25) is 5.91 Å². The maximum Gasteiger partial charge on any atom is 0.416 e. The van der Waals surface area contributed by atoms with Crippen LogP contribution in [0.5, 0.6) is 0 Å². The molecule has 6 heteroatoms. The van der Waals surface area contributed by atoms with Crippen LogP contribution in [0.2, 0.25) is 0 Å². The standard InChI is InChI=1S/C14H19F3N2O/c1-9(2)7-12(18)13(20)19-8-10-3-5-11(6-4-10)14(15,16)17/h3-6,9,12H,7-8,18H2,1-2H3,(H,19,20). The molecule has 1 atom stereocenters. The topological polar surface area (TPSA) is 55.1 Å². The highest BCUT2D eigenvalue weighted by Crippen LogP contribution is 2.28. The van der Waals surface area contributed by atoms with Gasteiger partial charge in [0.1, 0.15) is 0 Å². The maximum absolute atomic E-state index is 12.4. The summed E-state index contributed by atoms with van der Waals surface area (Å²) in [5, 5.41) is 2.62. The predicted molar refractivity (Wildman–Crippen MR) is 70.7 cm³/mol. The summed E-state index contributed by atoms with van der Waals surface area (Å²) in [6, 6.07) is 4.09. The van der Waals surface area contributed by atoms with E-state index in [0.717, 1.165) is 12.1 Å². The van der Waals surface area contributed by atoms with Crippen molar-refractivity contribution in [1.29, 1.82) is 0 Å². The van der Waals surface area contributed by atoms with Crippen molar-refractivity contribution in [2.24, 2.45) is 11.7 Å². The van der Waals surface area contributed by atoms with Gasteiger partial charge in [-0.25, -0.2) is 0 Å². The van der Waals surface area contributed by atoms with E-state index in [2.05, 4.69) is 5.32 Å². The highest BCUT2D eigenvalue weighted by atomic mass is 19.4. The Labute approximate surface area is 116 Å². The molecule has 0 saturated carbocycles. The molecule has 112 valence electrons. The van der Waals surface area contributed by atoms with Crippen LogP contribution in [0.3, 0.4) is 0 Å². The second-order valence-corrected chi connectivity index (χ2v) is 5.15. The molecule has 0 aliphatic heterocycles. The molecule has 0 aliphatic rings. The smallest absolute Gasteiger partial charge is 0.351 e. The Bertz CT molecular complexity index is 441. The van der Waals surface area contributed by atoms with Crippen LogP contribution in [0, 0.1) is 5.92 Å². The Morgan fingerprint density at radius 3 is 2.25 bits per heavy atom. The van der Waals surface area contributed by atoms with Crippen LogP contribution in [-0.2, 0) is 17.5 Å². The number of amides is 1. The van der Waals surface area contributed by atoms with Gasteiger partial charge in [0.15, 0.2) is 0 Å². The van der Waals surface area contributed by atoms with Crippen molar-refractivity contribution in [2.45, 2.75) is 39.0 Å². The van der Waals surface area contributed by atoms with Gasteiger partial charge in [-0.3, -0.25) is 4.79 Å². The average Bonchev–Trinajstić information content (AvgIpc) is 2.34. The average molecular weight is 288 g/mol. The van der Waals surface area contributed by atoms with Crippen LogP contribution >= 0.6 is 0 Å². The summed E-state index contributed by atoms with van der Waals surface area (Å²) < 4.78 is 37.1. The summed E-state index contributed by atoms with van der Waals surface area (Å²) in [6.45, 7) is 4.09. The van der Waals surface area contributed by atoms with E-state index in [9.17, 15) is 18.0 Å². The van der Waals surface area contributed by atoms with Crippen molar-refractivity contribution in [2.75, 3.05) is 0 Å². The van der Waals surface area contributed by atoms with Crippen molar-refractivity contribution in [3.05, 3.63) is 35.4 Å². The first kappa shape index (κ1) is 16.5. The van der Waals surface area contributed by atoms with Crippen molar-refractivity contribution >= 4 is 5.91 Å². The summed E-state index contributed by atoms with van der Waals surface area (Å²) in [4.78, 5) is 11.7. The van der Waals surface area contributed by atoms with Crippen LogP contribution in [0.4, 0.5) is 13.2 Å². The third kappa shape index (κ3) is 5.21. The molecule has 3 N–H and O–H groups in total. The minimum Gasteiger partial charge on any atom is -0.351 e. The molecule has 1 amide bonds. The van der Waals surface area contributed by atoms with Gasteiger partial charge in [-0.05, 0) is 30.0 Å². The molecule has 0 spiro atoms. The van der Waals surface area contributed by atoms with E-state index in [1.165, 1.54) is 12.1 Å².